The highest BCUT2D eigenvalue weighted by Gasteiger charge is 2.20. The molecule has 7 heteroatoms. The molecule has 0 aliphatic carbocycles. The highest BCUT2D eigenvalue weighted by atomic mass is 32.2. The van der Waals surface area contributed by atoms with Gasteiger partial charge in [-0.15, -0.1) is 0 Å². The second kappa shape index (κ2) is 6.23. The van der Waals surface area contributed by atoms with Crippen molar-refractivity contribution >= 4 is 15.9 Å². The molecule has 6 nitrogen and oxygen atoms in total. The standard InChI is InChI=1S/C13H20N2O4S/c1-9(2)8-15(3)13(16)10-5-6-11(19-4)12(7-10)20(14,17)18/h5-7,9H,8H2,1-4H3,(H2,14,17,18). The maximum atomic E-state index is 12.2. The van der Waals surface area contributed by atoms with Crippen molar-refractivity contribution in [2.75, 3.05) is 20.7 Å². The van der Waals surface area contributed by atoms with Gasteiger partial charge in [0.2, 0.25) is 10.0 Å². The van der Waals surface area contributed by atoms with E-state index in [0.29, 0.717) is 12.5 Å². The first kappa shape index (κ1) is 16.5. The topological polar surface area (TPSA) is 89.7 Å². The Morgan fingerprint density at radius 1 is 1.40 bits per heavy atom. The van der Waals surface area contributed by atoms with Gasteiger partial charge in [-0.25, -0.2) is 13.6 Å². The lowest BCUT2D eigenvalue weighted by atomic mass is 10.1. The largest absolute Gasteiger partial charge is 0.495 e. The number of rotatable bonds is 5. The third-order valence-corrected chi connectivity index (χ3v) is 3.63. The van der Waals surface area contributed by atoms with E-state index in [9.17, 15) is 13.2 Å². The number of nitrogens with two attached hydrogens (primary N) is 1. The molecule has 112 valence electrons. The Labute approximate surface area is 119 Å². The van der Waals surface area contributed by atoms with E-state index in [0.717, 1.165) is 0 Å². The van der Waals surface area contributed by atoms with E-state index in [1.165, 1.54) is 25.3 Å². The summed E-state index contributed by atoms with van der Waals surface area (Å²) in [6.45, 7) is 4.57. The van der Waals surface area contributed by atoms with Crippen LogP contribution in [0.2, 0.25) is 0 Å². The van der Waals surface area contributed by atoms with E-state index < -0.39 is 10.0 Å². The number of hydrogen-bond acceptors (Lipinski definition) is 4. The Morgan fingerprint density at radius 2 is 2.00 bits per heavy atom. The lowest BCUT2D eigenvalue weighted by molar-refractivity contribution is 0.0779. The van der Waals surface area contributed by atoms with Gasteiger partial charge in [0.15, 0.2) is 0 Å². The fraction of sp³-hybridized carbons (Fsp3) is 0.462. The van der Waals surface area contributed by atoms with Gasteiger partial charge >= 0.3 is 0 Å². The number of carbonyl (C=O) groups excluding carboxylic acids is 1. The first-order valence-corrected chi connectivity index (χ1v) is 7.67. The van der Waals surface area contributed by atoms with Gasteiger partial charge in [0.25, 0.3) is 5.91 Å². The SMILES string of the molecule is COc1ccc(C(=O)N(C)CC(C)C)cc1S(N)(=O)=O. The highest BCUT2D eigenvalue weighted by Crippen LogP contribution is 2.24. The average molecular weight is 300 g/mol. The van der Waals surface area contributed by atoms with E-state index in [4.69, 9.17) is 9.88 Å². The molecule has 0 saturated heterocycles. The highest BCUT2D eigenvalue weighted by molar-refractivity contribution is 7.89. The molecule has 0 aromatic heterocycles. The molecule has 0 aliphatic rings. The Balaban J connectivity index is 3.19. The molecule has 1 amide bonds. The van der Waals surface area contributed by atoms with Crippen molar-refractivity contribution < 1.29 is 17.9 Å². The monoisotopic (exact) mass is 300 g/mol. The summed E-state index contributed by atoms with van der Waals surface area (Å²) in [6, 6.07) is 4.19. The summed E-state index contributed by atoms with van der Waals surface area (Å²) >= 11 is 0. The fourth-order valence-electron chi connectivity index (χ4n) is 1.88. The molecule has 0 fully saturated rings. The van der Waals surface area contributed by atoms with Crippen LogP contribution in [0.3, 0.4) is 0 Å². The van der Waals surface area contributed by atoms with E-state index in [1.807, 2.05) is 13.8 Å². The smallest absolute Gasteiger partial charge is 0.253 e. The van der Waals surface area contributed by atoms with Gasteiger partial charge in [0.1, 0.15) is 10.6 Å². The molecule has 0 saturated carbocycles. The van der Waals surface area contributed by atoms with Crippen LogP contribution in [0.4, 0.5) is 0 Å². The van der Waals surface area contributed by atoms with Crippen LogP contribution in [-0.2, 0) is 10.0 Å². The third-order valence-electron chi connectivity index (χ3n) is 2.70. The molecule has 0 spiro atoms. The van der Waals surface area contributed by atoms with Gasteiger partial charge in [-0.1, -0.05) is 13.8 Å². The number of methoxy groups -OCH3 is 1. The van der Waals surface area contributed by atoms with Crippen molar-refractivity contribution in [3.05, 3.63) is 23.8 Å². The molecule has 0 radical (unpaired) electrons. The molecule has 1 aromatic rings. The summed E-state index contributed by atoms with van der Waals surface area (Å²) in [4.78, 5) is 13.6. The van der Waals surface area contributed by atoms with Crippen LogP contribution in [0.5, 0.6) is 5.75 Å². The van der Waals surface area contributed by atoms with Crippen LogP contribution >= 0.6 is 0 Å². The van der Waals surface area contributed by atoms with Crippen molar-refractivity contribution in [2.24, 2.45) is 11.1 Å². The second-order valence-corrected chi connectivity index (χ2v) is 6.52. The summed E-state index contributed by atoms with van der Waals surface area (Å²) in [7, 11) is -0.933. The summed E-state index contributed by atoms with van der Waals surface area (Å²) in [5, 5.41) is 5.13. The third kappa shape index (κ3) is 3.94. The molecular formula is C13H20N2O4S. The lowest BCUT2D eigenvalue weighted by Gasteiger charge is -2.20. The van der Waals surface area contributed by atoms with Crippen molar-refractivity contribution in [3.63, 3.8) is 0 Å². The molecule has 0 bridgehead atoms. The number of hydrogen-bond donors (Lipinski definition) is 1. The zero-order valence-corrected chi connectivity index (χ0v) is 12.9. The van der Waals surface area contributed by atoms with Gasteiger partial charge in [0, 0.05) is 19.2 Å². The molecule has 1 aromatic carbocycles. The summed E-state index contributed by atoms with van der Waals surface area (Å²) < 4.78 is 28.0. The van der Waals surface area contributed by atoms with Crippen LogP contribution in [0, 0.1) is 5.92 Å². The minimum atomic E-state index is -3.95. The Bertz CT molecular complexity index is 596. The second-order valence-electron chi connectivity index (χ2n) is 4.99. The van der Waals surface area contributed by atoms with Crippen LogP contribution in [-0.4, -0.2) is 39.9 Å². The van der Waals surface area contributed by atoms with Crippen LogP contribution in [0.25, 0.3) is 0 Å². The Kier molecular flexibility index (Phi) is 5.13. The number of amides is 1. The normalized spacial score (nSPS) is 11.5. The molecule has 0 atom stereocenters. The first-order valence-electron chi connectivity index (χ1n) is 6.13. The molecule has 20 heavy (non-hydrogen) atoms. The van der Waals surface area contributed by atoms with Crippen molar-refractivity contribution in [3.8, 4) is 5.75 Å². The van der Waals surface area contributed by atoms with Crippen molar-refractivity contribution in [1.29, 1.82) is 0 Å². The molecule has 0 aliphatic heterocycles. The summed E-state index contributed by atoms with van der Waals surface area (Å²) in [6.07, 6.45) is 0. The fourth-order valence-corrected chi connectivity index (χ4v) is 2.61. The molecule has 0 heterocycles. The molecule has 0 unspecified atom stereocenters. The number of benzene rings is 1. The molecular weight excluding hydrogens is 280 g/mol. The summed E-state index contributed by atoms with van der Waals surface area (Å²) in [5.41, 5.74) is 0.262. The number of ether oxygens (including phenoxy) is 1. The van der Waals surface area contributed by atoms with Gasteiger partial charge in [-0.2, -0.15) is 0 Å². The van der Waals surface area contributed by atoms with E-state index in [2.05, 4.69) is 0 Å². The summed E-state index contributed by atoms with van der Waals surface area (Å²) in [5.74, 6) is 0.182. The predicted molar refractivity (Wildman–Crippen MR) is 76.2 cm³/mol. The van der Waals surface area contributed by atoms with Crippen molar-refractivity contribution in [1.82, 2.24) is 4.90 Å². The van der Waals surface area contributed by atoms with Gasteiger partial charge in [-0.3, -0.25) is 4.79 Å². The van der Waals surface area contributed by atoms with Gasteiger partial charge in [0.05, 0.1) is 7.11 Å². The maximum Gasteiger partial charge on any atom is 0.253 e. The predicted octanol–water partition coefficient (Wildman–Crippen LogP) is 1.07. The molecule has 1 rings (SSSR count). The minimum absolute atomic E-state index is 0.121. The van der Waals surface area contributed by atoms with Crippen LogP contribution in [0.15, 0.2) is 23.1 Å². The van der Waals surface area contributed by atoms with Crippen molar-refractivity contribution in [2.45, 2.75) is 18.7 Å². The Hall–Kier alpha value is -1.60. The van der Waals surface area contributed by atoms with Gasteiger partial charge in [-0.05, 0) is 24.1 Å². The lowest BCUT2D eigenvalue weighted by Crippen LogP contribution is -2.30. The van der Waals surface area contributed by atoms with Gasteiger partial charge < -0.3 is 9.64 Å². The maximum absolute atomic E-state index is 12.2. The number of carbonyl (C=O) groups is 1. The van der Waals surface area contributed by atoms with Crippen LogP contribution < -0.4 is 9.88 Å². The Morgan fingerprint density at radius 3 is 2.45 bits per heavy atom. The number of sulfonamides is 1. The number of nitrogens with zero attached hydrogens (tertiary/aromatic N) is 1. The quantitative estimate of drug-likeness (QED) is 0.880. The van der Waals surface area contributed by atoms with E-state index >= 15 is 0 Å². The minimum Gasteiger partial charge on any atom is -0.495 e. The van der Waals surface area contributed by atoms with E-state index in [1.54, 1.807) is 11.9 Å². The molecule has 2 N–H and O–H groups in total. The number of primary sulfonamides is 1. The van der Waals surface area contributed by atoms with Crippen LogP contribution in [0.1, 0.15) is 24.2 Å². The van der Waals surface area contributed by atoms with E-state index in [-0.39, 0.29) is 22.1 Å². The zero-order valence-electron chi connectivity index (χ0n) is 12.1. The first-order chi connectivity index (χ1) is 9.16. The average Bonchev–Trinajstić information content (AvgIpc) is 2.35. The zero-order chi connectivity index (χ0) is 15.5.